The first-order valence-corrected chi connectivity index (χ1v) is 6.58. The minimum atomic E-state index is -1.09. The zero-order valence-corrected chi connectivity index (χ0v) is 12.4. The Kier molecular flexibility index (Phi) is 5.76. The Bertz CT molecular complexity index is 351. The van der Waals surface area contributed by atoms with E-state index in [1.54, 1.807) is 27.9 Å². The van der Waals surface area contributed by atoms with Gasteiger partial charge in [-0.05, 0) is 27.2 Å². The van der Waals surface area contributed by atoms with Crippen LogP contribution in [-0.2, 0) is 19.0 Å². The van der Waals surface area contributed by atoms with Crippen LogP contribution in [0.5, 0.6) is 0 Å². The average molecular weight is 289 g/mol. The third-order valence-corrected chi connectivity index (χ3v) is 2.83. The highest BCUT2D eigenvalue weighted by molar-refractivity contribution is 5.74. The normalized spacial score (nSPS) is 24.7. The summed E-state index contributed by atoms with van der Waals surface area (Å²) >= 11 is 0. The van der Waals surface area contributed by atoms with E-state index in [1.165, 1.54) is 4.90 Å². The van der Waals surface area contributed by atoms with Gasteiger partial charge in [-0.2, -0.15) is 0 Å². The van der Waals surface area contributed by atoms with Gasteiger partial charge in [0.15, 0.2) is 6.10 Å². The van der Waals surface area contributed by atoms with Gasteiger partial charge in [0, 0.05) is 7.11 Å². The number of methoxy groups -OCH3 is 1. The van der Waals surface area contributed by atoms with Gasteiger partial charge in [-0.3, -0.25) is 0 Å². The molecule has 0 aromatic heterocycles. The quantitative estimate of drug-likeness (QED) is 0.819. The fraction of sp³-hybridized carbons (Fsp3) is 0.846. The number of rotatable bonds is 2. The smallest absolute Gasteiger partial charge is 0.410 e. The van der Waals surface area contributed by atoms with Crippen LogP contribution in [0.2, 0.25) is 0 Å². The Morgan fingerprint density at radius 1 is 1.30 bits per heavy atom. The molecular weight excluding hydrogens is 266 g/mol. The van der Waals surface area contributed by atoms with Crippen LogP contribution in [0.1, 0.15) is 27.2 Å². The van der Waals surface area contributed by atoms with Crippen LogP contribution in [0.3, 0.4) is 0 Å². The molecular formula is C13H23NO6. The van der Waals surface area contributed by atoms with Crippen LogP contribution in [0.4, 0.5) is 4.79 Å². The molecule has 20 heavy (non-hydrogen) atoms. The molecule has 1 heterocycles. The van der Waals surface area contributed by atoms with Gasteiger partial charge in [0.1, 0.15) is 5.60 Å². The second kappa shape index (κ2) is 6.90. The number of carbonyl (C=O) groups is 2. The minimum Gasteiger partial charge on any atom is -0.479 e. The topological polar surface area (TPSA) is 85.3 Å². The number of nitrogens with zero attached hydrogens (tertiary/aromatic N) is 1. The molecule has 1 fully saturated rings. The van der Waals surface area contributed by atoms with Crippen molar-refractivity contribution in [2.45, 2.75) is 45.0 Å². The van der Waals surface area contributed by atoms with Gasteiger partial charge in [0.2, 0.25) is 0 Å². The summed E-state index contributed by atoms with van der Waals surface area (Å²) in [6, 6.07) is 0. The monoisotopic (exact) mass is 289 g/mol. The number of hydrogen-bond acceptors (Lipinski definition) is 5. The average Bonchev–Trinajstić information content (AvgIpc) is 2.25. The second-order valence-corrected chi connectivity index (χ2v) is 5.73. The zero-order valence-electron chi connectivity index (χ0n) is 12.4. The van der Waals surface area contributed by atoms with E-state index in [4.69, 9.17) is 19.3 Å². The molecule has 0 spiro atoms. The molecule has 0 aromatic rings. The predicted molar refractivity (Wildman–Crippen MR) is 70.6 cm³/mol. The van der Waals surface area contributed by atoms with Gasteiger partial charge in [0.25, 0.3) is 0 Å². The lowest BCUT2D eigenvalue weighted by Crippen LogP contribution is -2.49. The molecule has 0 saturated carbocycles. The molecule has 7 heteroatoms. The summed E-state index contributed by atoms with van der Waals surface area (Å²) in [5.41, 5.74) is -0.637. The molecule has 116 valence electrons. The molecule has 0 aromatic carbocycles. The molecule has 0 unspecified atom stereocenters. The van der Waals surface area contributed by atoms with Crippen LogP contribution < -0.4 is 0 Å². The van der Waals surface area contributed by atoms with E-state index < -0.39 is 23.8 Å². The van der Waals surface area contributed by atoms with Gasteiger partial charge in [0.05, 0.1) is 25.8 Å². The van der Waals surface area contributed by atoms with Gasteiger partial charge in [-0.25, -0.2) is 9.59 Å². The highest BCUT2D eigenvalue weighted by Crippen LogP contribution is 2.15. The van der Waals surface area contributed by atoms with E-state index in [2.05, 4.69) is 0 Å². The van der Waals surface area contributed by atoms with Crippen LogP contribution in [0.15, 0.2) is 0 Å². The Morgan fingerprint density at radius 2 is 1.95 bits per heavy atom. The first kappa shape index (κ1) is 16.7. The van der Waals surface area contributed by atoms with Crippen LogP contribution in [0, 0.1) is 0 Å². The molecule has 0 radical (unpaired) electrons. The Labute approximate surface area is 118 Å². The minimum absolute atomic E-state index is 0.0515. The first-order valence-electron chi connectivity index (χ1n) is 6.58. The summed E-state index contributed by atoms with van der Waals surface area (Å²) in [4.78, 5) is 24.5. The maximum absolute atomic E-state index is 12.1. The van der Waals surface area contributed by atoms with Crippen LogP contribution in [-0.4, -0.2) is 66.7 Å². The highest BCUT2D eigenvalue weighted by atomic mass is 16.6. The Hall–Kier alpha value is -1.34. The summed E-state index contributed by atoms with van der Waals surface area (Å²) in [5.74, 6) is -1.09. The third kappa shape index (κ3) is 5.34. The molecule has 7 nitrogen and oxygen atoms in total. The van der Waals surface area contributed by atoms with Crippen molar-refractivity contribution in [3.05, 3.63) is 0 Å². The lowest BCUT2D eigenvalue weighted by atomic mass is 10.2. The van der Waals surface area contributed by atoms with Crippen molar-refractivity contribution in [1.82, 2.24) is 4.90 Å². The highest BCUT2D eigenvalue weighted by Gasteiger charge is 2.31. The molecule has 1 rings (SSSR count). The summed E-state index contributed by atoms with van der Waals surface area (Å²) in [6.45, 7) is 5.80. The molecule has 2 atom stereocenters. The summed E-state index contributed by atoms with van der Waals surface area (Å²) < 4.78 is 15.8. The fourth-order valence-electron chi connectivity index (χ4n) is 1.82. The number of carbonyl (C=O) groups excluding carboxylic acids is 1. The first-order chi connectivity index (χ1) is 9.23. The van der Waals surface area contributed by atoms with E-state index in [0.29, 0.717) is 13.0 Å². The van der Waals surface area contributed by atoms with Gasteiger partial charge in [-0.15, -0.1) is 0 Å². The van der Waals surface area contributed by atoms with Gasteiger partial charge >= 0.3 is 12.1 Å². The molecule has 0 aliphatic carbocycles. The Balaban J connectivity index is 2.79. The number of carboxylic acids is 1. The van der Waals surface area contributed by atoms with E-state index in [-0.39, 0.29) is 19.3 Å². The van der Waals surface area contributed by atoms with E-state index in [0.717, 1.165) is 0 Å². The lowest BCUT2D eigenvalue weighted by Gasteiger charge is -2.33. The van der Waals surface area contributed by atoms with Crippen molar-refractivity contribution < 1.29 is 28.9 Å². The van der Waals surface area contributed by atoms with E-state index in [9.17, 15) is 9.59 Å². The fourth-order valence-corrected chi connectivity index (χ4v) is 1.82. The third-order valence-electron chi connectivity index (χ3n) is 2.83. The summed E-state index contributed by atoms with van der Waals surface area (Å²) in [7, 11) is 1.55. The Morgan fingerprint density at radius 3 is 2.45 bits per heavy atom. The number of ether oxygens (including phenoxy) is 3. The number of amides is 1. The molecule has 1 aliphatic rings. The van der Waals surface area contributed by atoms with E-state index in [1.807, 2.05) is 0 Å². The van der Waals surface area contributed by atoms with E-state index >= 15 is 0 Å². The summed E-state index contributed by atoms with van der Waals surface area (Å²) in [6.07, 6.45) is -1.27. The van der Waals surface area contributed by atoms with Crippen molar-refractivity contribution in [2.24, 2.45) is 0 Å². The van der Waals surface area contributed by atoms with Crippen molar-refractivity contribution in [3.63, 3.8) is 0 Å². The van der Waals surface area contributed by atoms with Crippen molar-refractivity contribution in [1.29, 1.82) is 0 Å². The molecule has 0 bridgehead atoms. The standard InChI is InChI=1S/C13H23NO6/c1-13(2,3)20-12(17)14-7-9(18-4)5-6-19-10(8-14)11(15)16/h9-10H,5-8H2,1-4H3,(H,15,16)/t9-,10+/m1/s1. The summed E-state index contributed by atoms with van der Waals surface area (Å²) in [5, 5.41) is 9.08. The number of hydrogen-bond donors (Lipinski definition) is 1. The molecule has 1 saturated heterocycles. The second-order valence-electron chi connectivity index (χ2n) is 5.73. The van der Waals surface area contributed by atoms with Crippen LogP contribution in [0.25, 0.3) is 0 Å². The lowest BCUT2D eigenvalue weighted by molar-refractivity contribution is -0.153. The van der Waals surface area contributed by atoms with Gasteiger partial charge in [-0.1, -0.05) is 0 Å². The SMILES string of the molecule is CO[C@@H]1CCO[C@H](C(=O)O)CN(C(=O)OC(C)(C)C)C1. The number of carboxylic acid groups (broad SMARTS) is 1. The van der Waals surface area contributed by atoms with Gasteiger partial charge < -0.3 is 24.2 Å². The maximum atomic E-state index is 12.1. The maximum Gasteiger partial charge on any atom is 0.410 e. The predicted octanol–water partition coefficient (Wildman–Crippen LogP) is 1.11. The molecule has 1 aliphatic heterocycles. The van der Waals surface area contributed by atoms with Crippen molar-refractivity contribution in [2.75, 3.05) is 26.8 Å². The molecule has 1 N–H and O–H groups in total. The molecule has 1 amide bonds. The largest absolute Gasteiger partial charge is 0.479 e. The van der Waals surface area contributed by atoms with Crippen molar-refractivity contribution in [3.8, 4) is 0 Å². The van der Waals surface area contributed by atoms with Crippen LogP contribution >= 0.6 is 0 Å². The zero-order chi connectivity index (χ0) is 15.3. The number of aliphatic carboxylic acids is 1. The van der Waals surface area contributed by atoms with Crippen molar-refractivity contribution >= 4 is 12.1 Å².